The number of esters is 1. The van der Waals surface area contributed by atoms with E-state index in [1.165, 1.54) is 0 Å². The van der Waals surface area contributed by atoms with Crippen LogP contribution in [0.25, 0.3) is 0 Å². The first kappa shape index (κ1) is 9.69. The first-order valence-electron chi connectivity index (χ1n) is 4.58. The SMILES string of the molecule is N#Cc1ccc(C(=O)OCC2CO2)cc1. The van der Waals surface area contributed by atoms with Crippen molar-refractivity contribution < 1.29 is 14.3 Å². The molecule has 0 aromatic heterocycles. The number of carbonyl (C=O) groups excluding carboxylic acids is 1. The van der Waals surface area contributed by atoms with E-state index in [1.807, 2.05) is 6.07 Å². The number of nitriles is 1. The van der Waals surface area contributed by atoms with E-state index >= 15 is 0 Å². The van der Waals surface area contributed by atoms with Crippen molar-refractivity contribution in [1.82, 2.24) is 0 Å². The summed E-state index contributed by atoms with van der Waals surface area (Å²) in [6.07, 6.45) is 0.0762. The zero-order valence-electron chi connectivity index (χ0n) is 7.97. The van der Waals surface area contributed by atoms with E-state index in [4.69, 9.17) is 14.7 Å². The van der Waals surface area contributed by atoms with Crippen molar-refractivity contribution in [1.29, 1.82) is 5.26 Å². The second-order valence-corrected chi connectivity index (χ2v) is 3.24. The van der Waals surface area contributed by atoms with Gasteiger partial charge in [-0.15, -0.1) is 0 Å². The van der Waals surface area contributed by atoms with E-state index in [0.717, 1.165) is 0 Å². The standard InChI is InChI=1S/C11H9NO3/c12-5-8-1-3-9(4-2-8)11(13)15-7-10-6-14-10/h1-4,10H,6-7H2. The molecule has 4 heteroatoms. The van der Waals surface area contributed by atoms with Crippen molar-refractivity contribution in [2.24, 2.45) is 0 Å². The summed E-state index contributed by atoms with van der Waals surface area (Å²) in [6.45, 7) is 0.972. The molecule has 1 aliphatic rings. The van der Waals surface area contributed by atoms with Crippen LogP contribution in [0.2, 0.25) is 0 Å². The monoisotopic (exact) mass is 203 g/mol. The molecule has 15 heavy (non-hydrogen) atoms. The second-order valence-electron chi connectivity index (χ2n) is 3.24. The molecule has 0 spiro atoms. The Morgan fingerprint density at radius 1 is 1.53 bits per heavy atom. The number of benzene rings is 1. The number of nitrogens with zero attached hydrogens (tertiary/aromatic N) is 1. The van der Waals surface area contributed by atoms with Crippen molar-refractivity contribution in [2.45, 2.75) is 6.10 Å². The summed E-state index contributed by atoms with van der Waals surface area (Å²) in [7, 11) is 0. The van der Waals surface area contributed by atoms with Gasteiger partial charge in [0.1, 0.15) is 12.7 Å². The van der Waals surface area contributed by atoms with Crippen LogP contribution in [0.15, 0.2) is 24.3 Å². The first-order valence-corrected chi connectivity index (χ1v) is 4.58. The third-order valence-electron chi connectivity index (χ3n) is 2.05. The Morgan fingerprint density at radius 2 is 2.20 bits per heavy atom. The molecule has 1 aromatic rings. The zero-order valence-corrected chi connectivity index (χ0v) is 7.97. The molecule has 0 radical (unpaired) electrons. The smallest absolute Gasteiger partial charge is 0.338 e. The van der Waals surface area contributed by atoms with Crippen LogP contribution in [0.3, 0.4) is 0 Å². The lowest BCUT2D eigenvalue weighted by Gasteiger charge is -2.01. The van der Waals surface area contributed by atoms with Gasteiger partial charge in [0.15, 0.2) is 0 Å². The Bertz CT molecular complexity index is 401. The average Bonchev–Trinajstić information content (AvgIpc) is 3.10. The van der Waals surface area contributed by atoms with Crippen LogP contribution in [-0.2, 0) is 9.47 Å². The molecule has 76 valence electrons. The Balaban J connectivity index is 1.95. The Hall–Kier alpha value is -1.86. The van der Waals surface area contributed by atoms with E-state index in [0.29, 0.717) is 24.3 Å². The van der Waals surface area contributed by atoms with E-state index < -0.39 is 0 Å². The molecule has 1 atom stereocenters. The molecule has 0 bridgehead atoms. The predicted octanol–water partition coefficient (Wildman–Crippen LogP) is 1.11. The van der Waals surface area contributed by atoms with Crippen LogP contribution in [0, 0.1) is 11.3 Å². The van der Waals surface area contributed by atoms with Gasteiger partial charge in [-0.2, -0.15) is 5.26 Å². The molecule has 0 aliphatic carbocycles. The molecule has 1 aromatic carbocycles. The van der Waals surface area contributed by atoms with Crippen molar-refractivity contribution in [3.05, 3.63) is 35.4 Å². The van der Waals surface area contributed by atoms with Gasteiger partial charge in [0.05, 0.1) is 23.8 Å². The molecule has 4 nitrogen and oxygen atoms in total. The Labute approximate surface area is 87.0 Å². The van der Waals surface area contributed by atoms with Gasteiger partial charge in [-0.05, 0) is 24.3 Å². The summed E-state index contributed by atoms with van der Waals surface area (Å²) in [5, 5.41) is 8.57. The van der Waals surface area contributed by atoms with Gasteiger partial charge in [-0.3, -0.25) is 0 Å². The van der Waals surface area contributed by atoms with Crippen LogP contribution >= 0.6 is 0 Å². The normalized spacial score (nSPS) is 17.9. The maximum Gasteiger partial charge on any atom is 0.338 e. The molecule has 1 aliphatic heterocycles. The van der Waals surface area contributed by atoms with Gasteiger partial charge in [0.25, 0.3) is 0 Å². The third-order valence-corrected chi connectivity index (χ3v) is 2.05. The number of rotatable bonds is 3. The fourth-order valence-electron chi connectivity index (χ4n) is 1.10. The summed E-state index contributed by atoms with van der Waals surface area (Å²) in [5.74, 6) is -0.380. The summed E-state index contributed by atoms with van der Waals surface area (Å²) < 4.78 is 9.89. The lowest BCUT2D eigenvalue weighted by molar-refractivity contribution is 0.0476. The minimum atomic E-state index is -0.380. The van der Waals surface area contributed by atoms with E-state index in [2.05, 4.69) is 0 Å². The molecule has 1 saturated heterocycles. The fourth-order valence-corrected chi connectivity index (χ4v) is 1.10. The maximum absolute atomic E-state index is 11.4. The average molecular weight is 203 g/mol. The van der Waals surface area contributed by atoms with E-state index in [1.54, 1.807) is 24.3 Å². The molecule has 2 rings (SSSR count). The number of ether oxygens (including phenoxy) is 2. The molecule has 0 saturated carbocycles. The largest absolute Gasteiger partial charge is 0.459 e. The lowest BCUT2D eigenvalue weighted by atomic mass is 10.1. The van der Waals surface area contributed by atoms with Crippen LogP contribution < -0.4 is 0 Å². The van der Waals surface area contributed by atoms with Crippen LogP contribution in [0.1, 0.15) is 15.9 Å². The molecule has 1 heterocycles. The molecule has 0 N–H and O–H groups in total. The summed E-state index contributed by atoms with van der Waals surface area (Å²) in [6, 6.07) is 8.31. The topological polar surface area (TPSA) is 62.6 Å². The second kappa shape index (κ2) is 4.11. The molecule has 1 fully saturated rings. The quantitative estimate of drug-likeness (QED) is 0.545. The van der Waals surface area contributed by atoms with Gasteiger partial charge in [0.2, 0.25) is 0 Å². The van der Waals surface area contributed by atoms with Crippen molar-refractivity contribution in [3.8, 4) is 6.07 Å². The maximum atomic E-state index is 11.4. The van der Waals surface area contributed by atoms with Gasteiger partial charge in [-0.1, -0.05) is 0 Å². The zero-order chi connectivity index (χ0) is 10.7. The van der Waals surface area contributed by atoms with Gasteiger partial charge < -0.3 is 9.47 Å². The Morgan fingerprint density at radius 3 is 2.73 bits per heavy atom. The molecule has 0 amide bonds. The predicted molar refractivity (Wildman–Crippen MR) is 51.2 cm³/mol. The van der Waals surface area contributed by atoms with Crippen molar-refractivity contribution >= 4 is 5.97 Å². The summed E-state index contributed by atoms with van der Waals surface area (Å²) in [4.78, 5) is 11.4. The van der Waals surface area contributed by atoms with Crippen LogP contribution in [0.4, 0.5) is 0 Å². The van der Waals surface area contributed by atoms with Crippen molar-refractivity contribution in [3.63, 3.8) is 0 Å². The molecular formula is C11H9NO3. The van der Waals surface area contributed by atoms with Gasteiger partial charge >= 0.3 is 5.97 Å². The number of carbonyl (C=O) groups is 1. The van der Waals surface area contributed by atoms with Crippen LogP contribution in [-0.4, -0.2) is 25.3 Å². The van der Waals surface area contributed by atoms with Crippen molar-refractivity contribution in [2.75, 3.05) is 13.2 Å². The van der Waals surface area contributed by atoms with E-state index in [9.17, 15) is 4.79 Å². The highest BCUT2D eigenvalue weighted by molar-refractivity contribution is 5.89. The van der Waals surface area contributed by atoms with Gasteiger partial charge in [-0.25, -0.2) is 4.79 Å². The fraction of sp³-hybridized carbons (Fsp3) is 0.273. The molecular weight excluding hydrogens is 194 g/mol. The highest BCUT2D eigenvalue weighted by atomic mass is 16.6. The van der Waals surface area contributed by atoms with Crippen LogP contribution in [0.5, 0.6) is 0 Å². The highest BCUT2D eigenvalue weighted by Crippen LogP contribution is 2.11. The highest BCUT2D eigenvalue weighted by Gasteiger charge is 2.24. The number of hydrogen-bond acceptors (Lipinski definition) is 4. The summed E-state index contributed by atoms with van der Waals surface area (Å²) in [5.41, 5.74) is 0.978. The Kier molecular flexibility index (Phi) is 2.66. The van der Waals surface area contributed by atoms with E-state index in [-0.39, 0.29) is 12.1 Å². The number of epoxide rings is 1. The lowest BCUT2D eigenvalue weighted by Crippen LogP contribution is -2.09. The third kappa shape index (κ3) is 2.55. The number of hydrogen-bond donors (Lipinski definition) is 0. The van der Waals surface area contributed by atoms with Gasteiger partial charge in [0, 0.05) is 0 Å². The minimum Gasteiger partial charge on any atom is -0.459 e. The first-order chi connectivity index (χ1) is 7.29. The molecule has 1 unspecified atom stereocenters. The minimum absolute atomic E-state index is 0.0762. The summed E-state index contributed by atoms with van der Waals surface area (Å²) >= 11 is 0.